The number of nitrogens with zero attached hydrogens (tertiary/aromatic N) is 4. The monoisotopic (exact) mass is 514 g/mol. The standard InChI is InChI=1S/C25H31BrN4OS/c1-20(2)25(19-28,24-8-7-23(18-27)32-24)9-4-10-29-11-13-30(14-12-29)15-16-31-22-6-3-5-21(26)17-22/h3,5-8,17,20H,4,9-16H2,1-2H3. The van der Waals surface area contributed by atoms with Crippen LogP contribution in [-0.4, -0.2) is 55.7 Å². The van der Waals surface area contributed by atoms with Gasteiger partial charge in [-0.25, -0.2) is 0 Å². The van der Waals surface area contributed by atoms with Crippen LogP contribution in [0.15, 0.2) is 40.9 Å². The van der Waals surface area contributed by atoms with Crippen LogP contribution in [-0.2, 0) is 5.41 Å². The Morgan fingerprint density at radius 3 is 2.41 bits per heavy atom. The smallest absolute Gasteiger partial charge is 0.120 e. The molecular weight excluding hydrogens is 484 g/mol. The van der Waals surface area contributed by atoms with Gasteiger partial charge in [-0.1, -0.05) is 35.8 Å². The molecule has 0 amide bonds. The van der Waals surface area contributed by atoms with E-state index in [-0.39, 0.29) is 5.92 Å². The van der Waals surface area contributed by atoms with Gasteiger partial charge in [0.15, 0.2) is 0 Å². The first-order valence-electron chi connectivity index (χ1n) is 11.2. The summed E-state index contributed by atoms with van der Waals surface area (Å²) in [6, 6.07) is 16.6. The molecule has 1 saturated heterocycles. The molecule has 1 aliphatic heterocycles. The van der Waals surface area contributed by atoms with Crippen LogP contribution in [0.3, 0.4) is 0 Å². The molecule has 0 saturated carbocycles. The Balaban J connectivity index is 1.42. The molecule has 1 fully saturated rings. The first-order valence-corrected chi connectivity index (χ1v) is 12.8. The minimum absolute atomic E-state index is 0.208. The number of rotatable bonds is 10. The van der Waals surface area contributed by atoms with Gasteiger partial charge < -0.3 is 9.64 Å². The highest BCUT2D eigenvalue weighted by molar-refractivity contribution is 9.10. The maximum atomic E-state index is 10.1. The third-order valence-corrected chi connectivity index (χ3v) is 7.98. The molecule has 0 spiro atoms. The molecule has 5 nitrogen and oxygen atoms in total. The Bertz CT molecular complexity index is 955. The second kappa shape index (κ2) is 11.8. The van der Waals surface area contributed by atoms with Crippen molar-refractivity contribution < 1.29 is 4.74 Å². The fourth-order valence-electron chi connectivity index (χ4n) is 4.24. The lowest BCUT2D eigenvalue weighted by molar-refractivity contribution is 0.114. The minimum atomic E-state index is -0.509. The van der Waals surface area contributed by atoms with Gasteiger partial charge >= 0.3 is 0 Å². The Morgan fingerprint density at radius 2 is 1.81 bits per heavy atom. The first kappa shape index (κ1) is 24.7. The molecule has 0 aliphatic carbocycles. The average molecular weight is 516 g/mol. The van der Waals surface area contributed by atoms with Gasteiger partial charge in [-0.2, -0.15) is 10.5 Å². The summed E-state index contributed by atoms with van der Waals surface area (Å²) >= 11 is 4.94. The number of nitriles is 2. The summed E-state index contributed by atoms with van der Waals surface area (Å²) in [5.41, 5.74) is -0.509. The Labute approximate surface area is 204 Å². The molecule has 2 aromatic rings. The molecule has 170 valence electrons. The van der Waals surface area contributed by atoms with E-state index in [2.05, 4.69) is 51.7 Å². The zero-order chi connectivity index (χ0) is 23.0. The summed E-state index contributed by atoms with van der Waals surface area (Å²) in [7, 11) is 0. The van der Waals surface area contributed by atoms with Crippen molar-refractivity contribution in [1.29, 1.82) is 10.5 Å². The Kier molecular flexibility index (Phi) is 9.13. The third-order valence-electron chi connectivity index (χ3n) is 6.32. The second-order valence-corrected chi connectivity index (χ2v) is 10.6. The third kappa shape index (κ3) is 6.33. The van der Waals surface area contributed by atoms with Gasteiger partial charge in [-0.15, -0.1) is 11.3 Å². The van der Waals surface area contributed by atoms with Crippen molar-refractivity contribution in [3.8, 4) is 17.9 Å². The number of benzene rings is 1. The molecule has 1 aliphatic rings. The lowest BCUT2D eigenvalue weighted by Crippen LogP contribution is -2.47. The number of piperazine rings is 1. The topological polar surface area (TPSA) is 63.3 Å². The van der Waals surface area contributed by atoms with E-state index in [0.29, 0.717) is 11.5 Å². The predicted molar refractivity (Wildman–Crippen MR) is 133 cm³/mol. The molecule has 0 N–H and O–H groups in total. The van der Waals surface area contributed by atoms with Crippen LogP contribution < -0.4 is 4.74 Å². The highest BCUT2D eigenvalue weighted by Crippen LogP contribution is 2.40. The highest BCUT2D eigenvalue weighted by Gasteiger charge is 2.37. The van der Waals surface area contributed by atoms with Crippen molar-refractivity contribution >= 4 is 27.3 Å². The van der Waals surface area contributed by atoms with Gasteiger partial charge in [0.1, 0.15) is 23.3 Å². The van der Waals surface area contributed by atoms with E-state index in [9.17, 15) is 10.5 Å². The fourth-order valence-corrected chi connectivity index (χ4v) is 5.74. The second-order valence-electron chi connectivity index (χ2n) is 8.61. The Morgan fingerprint density at radius 1 is 1.09 bits per heavy atom. The van der Waals surface area contributed by atoms with Gasteiger partial charge in [-0.3, -0.25) is 4.90 Å². The van der Waals surface area contributed by atoms with E-state index < -0.39 is 5.41 Å². The van der Waals surface area contributed by atoms with Crippen LogP contribution in [0.5, 0.6) is 5.75 Å². The average Bonchev–Trinajstić information content (AvgIpc) is 3.27. The van der Waals surface area contributed by atoms with Crippen molar-refractivity contribution in [3.63, 3.8) is 0 Å². The fraction of sp³-hybridized carbons (Fsp3) is 0.520. The molecule has 0 bridgehead atoms. The van der Waals surface area contributed by atoms with Gasteiger partial charge in [-0.05, 0) is 55.6 Å². The number of hydrogen-bond donors (Lipinski definition) is 0. The lowest BCUT2D eigenvalue weighted by atomic mass is 9.73. The van der Waals surface area contributed by atoms with Crippen LogP contribution in [0, 0.1) is 28.6 Å². The summed E-state index contributed by atoms with van der Waals surface area (Å²) in [5.74, 6) is 1.11. The quantitative estimate of drug-likeness (QED) is 0.431. The van der Waals surface area contributed by atoms with E-state index in [4.69, 9.17) is 4.74 Å². The molecular formula is C25H31BrN4OS. The molecule has 0 radical (unpaired) electrons. The molecule has 1 atom stereocenters. The Hall–Kier alpha value is -1.90. The maximum absolute atomic E-state index is 10.1. The van der Waals surface area contributed by atoms with Crippen LogP contribution in [0.1, 0.15) is 36.4 Å². The first-order chi connectivity index (χ1) is 15.5. The van der Waals surface area contributed by atoms with Crippen LogP contribution in [0.4, 0.5) is 0 Å². The summed E-state index contributed by atoms with van der Waals surface area (Å²) in [4.78, 5) is 6.67. The number of ether oxygens (including phenoxy) is 1. The zero-order valence-electron chi connectivity index (χ0n) is 18.9. The normalized spacial score (nSPS) is 16.9. The minimum Gasteiger partial charge on any atom is -0.492 e. The number of hydrogen-bond acceptors (Lipinski definition) is 6. The zero-order valence-corrected chi connectivity index (χ0v) is 21.3. The lowest BCUT2D eigenvalue weighted by Gasteiger charge is -2.35. The van der Waals surface area contributed by atoms with Gasteiger partial charge in [0.05, 0.1) is 11.5 Å². The van der Waals surface area contributed by atoms with Crippen molar-refractivity contribution in [2.75, 3.05) is 45.9 Å². The summed E-state index contributed by atoms with van der Waals surface area (Å²) in [6.07, 6.45) is 1.81. The van der Waals surface area contributed by atoms with Gasteiger partial charge in [0, 0.05) is 42.1 Å². The van der Waals surface area contributed by atoms with Crippen molar-refractivity contribution in [3.05, 3.63) is 50.6 Å². The largest absolute Gasteiger partial charge is 0.492 e. The predicted octanol–water partition coefficient (Wildman–Crippen LogP) is 5.28. The summed E-state index contributed by atoms with van der Waals surface area (Å²) in [6.45, 7) is 11.1. The SMILES string of the molecule is CC(C)C(C#N)(CCCN1CCN(CCOc2cccc(Br)c2)CC1)c1ccc(C#N)s1. The molecule has 7 heteroatoms. The van der Waals surface area contributed by atoms with E-state index >= 15 is 0 Å². The van der Waals surface area contributed by atoms with Crippen molar-refractivity contribution in [2.45, 2.75) is 32.1 Å². The van der Waals surface area contributed by atoms with E-state index in [1.807, 2.05) is 36.4 Å². The molecule has 1 unspecified atom stereocenters. The molecule has 2 heterocycles. The van der Waals surface area contributed by atoms with E-state index in [0.717, 1.165) is 67.2 Å². The van der Waals surface area contributed by atoms with E-state index in [1.54, 1.807) is 0 Å². The molecule has 1 aromatic heterocycles. The van der Waals surface area contributed by atoms with Gasteiger partial charge in [0.2, 0.25) is 0 Å². The summed E-state index contributed by atoms with van der Waals surface area (Å²) < 4.78 is 6.90. The molecule has 32 heavy (non-hydrogen) atoms. The number of thiophene rings is 1. The maximum Gasteiger partial charge on any atom is 0.120 e. The van der Waals surface area contributed by atoms with Crippen LogP contribution in [0.25, 0.3) is 0 Å². The van der Waals surface area contributed by atoms with Crippen LogP contribution >= 0.6 is 27.3 Å². The van der Waals surface area contributed by atoms with Crippen LogP contribution in [0.2, 0.25) is 0 Å². The van der Waals surface area contributed by atoms with Crippen molar-refractivity contribution in [1.82, 2.24) is 9.80 Å². The molecule has 3 rings (SSSR count). The van der Waals surface area contributed by atoms with Crippen molar-refractivity contribution in [2.24, 2.45) is 5.92 Å². The van der Waals surface area contributed by atoms with E-state index in [1.165, 1.54) is 11.3 Å². The summed E-state index contributed by atoms with van der Waals surface area (Å²) in [5, 5.41) is 19.2. The number of halogens is 1. The van der Waals surface area contributed by atoms with Gasteiger partial charge in [0.25, 0.3) is 0 Å². The molecule has 1 aromatic carbocycles. The highest BCUT2D eigenvalue weighted by atomic mass is 79.9.